The molecule has 23 heavy (non-hydrogen) atoms. The summed E-state index contributed by atoms with van der Waals surface area (Å²) in [5.74, 6) is -0.481. The van der Waals surface area contributed by atoms with Gasteiger partial charge in [0.05, 0.1) is 11.3 Å². The maximum atomic E-state index is 12.2. The molecule has 0 fully saturated rings. The number of nitrogens with zero attached hydrogens (tertiary/aromatic N) is 2. The third-order valence-corrected chi connectivity index (χ3v) is 5.07. The maximum absolute atomic E-state index is 12.2. The Morgan fingerprint density at radius 2 is 2.13 bits per heavy atom. The number of hydrogen-bond donors (Lipinski definition) is 0. The molecule has 0 aliphatic heterocycles. The minimum absolute atomic E-state index is 0.114. The van der Waals surface area contributed by atoms with Crippen molar-refractivity contribution in [2.45, 2.75) is 20.5 Å². The molecule has 3 aromatic heterocycles. The predicted molar refractivity (Wildman–Crippen MR) is 93.3 cm³/mol. The molecule has 118 valence electrons. The van der Waals surface area contributed by atoms with Gasteiger partial charge in [0.2, 0.25) is 0 Å². The SMILES string of the molecule is Cc1cc(C)c(C(=O)OCc2csc(-c3ccsc3)n2)c(Cl)n1. The first-order valence-corrected chi connectivity index (χ1v) is 9.02. The van der Waals surface area contributed by atoms with Crippen LogP contribution in [0.3, 0.4) is 0 Å². The second-order valence-corrected chi connectivity index (χ2v) is 6.97. The molecule has 7 heteroatoms. The van der Waals surface area contributed by atoms with Gasteiger partial charge < -0.3 is 4.74 Å². The number of carbonyl (C=O) groups excluding carboxylic acids is 1. The van der Waals surface area contributed by atoms with Crippen LogP contribution in [0.1, 0.15) is 27.3 Å². The summed E-state index contributed by atoms with van der Waals surface area (Å²) in [7, 11) is 0. The fourth-order valence-electron chi connectivity index (χ4n) is 2.14. The number of thiophene rings is 1. The van der Waals surface area contributed by atoms with Crippen molar-refractivity contribution in [3.63, 3.8) is 0 Å². The Kier molecular flexibility index (Phi) is 4.75. The highest BCUT2D eigenvalue weighted by molar-refractivity contribution is 7.14. The molecule has 0 saturated heterocycles. The molecule has 0 N–H and O–H groups in total. The maximum Gasteiger partial charge on any atom is 0.341 e. The average molecular weight is 365 g/mol. The number of aromatic nitrogens is 2. The van der Waals surface area contributed by atoms with Crippen molar-refractivity contribution in [3.05, 3.63) is 55.9 Å². The second-order valence-electron chi connectivity index (χ2n) is 4.98. The van der Waals surface area contributed by atoms with Gasteiger partial charge in [-0.25, -0.2) is 14.8 Å². The molecular formula is C16H13ClN2O2S2. The topological polar surface area (TPSA) is 52.1 Å². The minimum Gasteiger partial charge on any atom is -0.455 e. The van der Waals surface area contributed by atoms with Gasteiger partial charge in [0.1, 0.15) is 16.8 Å². The van der Waals surface area contributed by atoms with E-state index in [1.807, 2.05) is 36.1 Å². The number of aryl methyl sites for hydroxylation is 2. The van der Waals surface area contributed by atoms with Crippen molar-refractivity contribution in [2.24, 2.45) is 0 Å². The fraction of sp³-hybridized carbons (Fsp3) is 0.188. The zero-order valence-corrected chi connectivity index (χ0v) is 14.9. The van der Waals surface area contributed by atoms with Crippen molar-refractivity contribution in [3.8, 4) is 10.6 Å². The van der Waals surface area contributed by atoms with Crippen molar-refractivity contribution < 1.29 is 9.53 Å². The van der Waals surface area contributed by atoms with Crippen LogP contribution in [0.15, 0.2) is 28.3 Å². The number of thiazole rings is 1. The molecule has 0 radical (unpaired) electrons. The number of hydrogen-bond acceptors (Lipinski definition) is 6. The molecule has 0 amide bonds. The van der Waals surface area contributed by atoms with Gasteiger partial charge >= 0.3 is 5.97 Å². The Morgan fingerprint density at radius 1 is 1.30 bits per heavy atom. The molecule has 3 heterocycles. The lowest BCUT2D eigenvalue weighted by Crippen LogP contribution is -2.09. The van der Waals surface area contributed by atoms with Gasteiger partial charge in [0.15, 0.2) is 0 Å². The van der Waals surface area contributed by atoms with Crippen LogP contribution in [0, 0.1) is 13.8 Å². The lowest BCUT2D eigenvalue weighted by atomic mass is 10.1. The van der Waals surface area contributed by atoms with Crippen LogP contribution in [0.5, 0.6) is 0 Å². The Hall–Kier alpha value is -1.76. The Labute approximate surface area is 146 Å². The van der Waals surface area contributed by atoms with Crippen LogP contribution in [0.2, 0.25) is 5.15 Å². The van der Waals surface area contributed by atoms with Crippen molar-refractivity contribution >= 4 is 40.2 Å². The second kappa shape index (κ2) is 6.78. The number of halogens is 1. The van der Waals surface area contributed by atoms with E-state index >= 15 is 0 Å². The molecule has 0 saturated carbocycles. The number of rotatable bonds is 4. The van der Waals surface area contributed by atoms with E-state index in [2.05, 4.69) is 9.97 Å². The summed E-state index contributed by atoms with van der Waals surface area (Å²) in [5, 5.41) is 7.02. The lowest BCUT2D eigenvalue weighted by molar-refractivity contribution is 0.0467. The number of carbonyl (C=O) groups is 1. The summed E-state index contributed by atoms with van der Waals surface area (Å²) in [4.78, 5) is 20.8. The summed E-state index contributed by atoms with van der Waals surface area (Å²) in [6, 6.07) is 3.82. The van der Waals surface area contributed by atoms with Crippen LogP contribution < -0.4 is 0 Å². The standard InChI is InChI=1S/C16H13ClN2O2S2/c1-9-5-10(2)18-14(17)13(9)16(20)21-6-12-8-23-15(19-12)11-3-4-22-7-11/h3-5,7-8H,6H2,1-2H3. The third-order valence-electron chi connectivity index (χ3n) is 3.18. The van der Waals surface area contributed by atoms with E-state index in [9.17, 15) is 4.79 Å². The lowest BCUT2D eigenvalue weighted by Gasteiger charge is -2.08. The van der Waals surface area contributed by atoms with Gasteiger partial charge in [0.25, 0.3) is 0 Å². The van der Waals surface area contributed by atoms with Crippen LogP contribution in [0.4, 0.5) is 0 Å². The molecule has 0 aliphatic carbocycles. The van der Waals surface area contributed by atoms with E-state index < -0.39 is 5.97 Å². The monoisotopic (exact) mass is 364 g/mol. The molecule has 0 aromatic carbocycles. The van der Waals surface area contributed by atoms with Crippen molar-refractivity contribution in [1.29, 1.82) is 0 Å². The minimum atomic E-state index is -0.481. The first-order chi connectivity index (χ1) is 11.0. The van der Waals surface area contributed by atoms with Crippen molar-refractivity contribution in [1.82, 2.24) is 9.97 Å². The van der Waals surface area contributed by atoms with Crippen LogP contribution in [-0.2, 0) is 11.3 Å². The molecule has 0 unspecified atom stereocenters. The largest absolute Gasteiger partial charge is 0.455 e. The van der Waals surface area contributed by atoms with Crippen molar-refractivity contribution in [2.75, 3.05) is 0 Å². The van der Waals surface area contributed by atoms with Gasteiger partial charge in [-0.3, -0.25) is 0 Å². The van der Waals surface area contributed by atoms with Crippen LogP contribution in [-0.4, -0.2) is 15.9 Å². The number of pyridine rings is 1. The van der Waals surface area contributed by atoms with Gasteiger partial charge in [-0.1, -0.05) is 11.6 Å². The van der Waals surface area contributed by atoms with Gasteiger partial charge in [-0.2, -0.15) is 11.3 Å². The Bertz CT molecular complexity index is 821. The third kappa shape index (κ3) is 3.60. The highest BCUT2D eigenvalue weighted by Gasteiger charge is 2.17. The Morgan fingerprint density at radius 3 is 2.83 bits per heavy atom. The Balaban J connectivity index is 1.70. The number of ether oxygens (including phenoxy) is 1. The molecular weight excluding hydrogens is 352 g/mol. The van der Waals surface area contributed by atoms with E-state index in [4.69, 9.17) is 16.3 Å². The highest BCUT2D eigenvalue weighted by atomic mass is 35.5. The summed E-state index contributed by atoms with van der Waals surface area (Å²) in [5.41, 5.74) is 3.64. The van der Waals surface area contributed by atoms with Gasteiger partial charge in [0, 0.05) is 22.0 Å². The molecule has 3 aromatic rings. The quantitative estimate of drug-likeness (QED) is 0.488. The van der Waals surface area contributed by atoms with Crippen LogP contribution >= 0.6 is 34.3 Å². The van der Waals surface area contributed by atoms with E-state index in [0.29, 0.717) is 5.56 Å². The predicted octanol–water partition coefficient (Wildman–Crippen LogP) is 4.89. The summed E-state index contributed by atoms with van der Waals surface area (Å²) >= 11 is 9.21. The summed E-state index contributed by atoms with van der Waals surface area (Å²) in [6.07, 6.45) is 0. The first kappa shape index (κ1) is 16.1. The smallest absolute Gasteiger partial charge is 0.341 e. The van der Waals surface area contributed by atoms with E-state index in [0.717, 1.165) is 27.5 Å². The molecule has 3 rings (SSSR count). The average Bonchev–Trinajstić information content (AvgIpc) is 3.15. The van der Waals surface area contributed by atoms with E-state index in [1.54, 1.807) is 17.4 Å². The fourth-order valence-corrected chi connectivity index (χ4v) is 4.02. The molecule has 0 aliphatic rings. The van der Waals surface area contributed by atoms with E-state index in [1.165, 1.54) is 11.3 Å². The number of esters is 1. The van der Waals surface area contributed by atoms with E-state index in [-0.39, 0.29) is 11.8 Å². The van der Waals surface area contributed by atoms with Gasteiger partial charge in [-0.05, 0) is 36.9 Å². The summed E-state index contributed by atoms with van der Waals surface area (Å²) in [6.45, 7) is 3.76. The molecule has 4 nitrogen and oxygen atoms in total. The molecule has 0 atom stereocenters. The summed E-state index contributed by atoms with van der Waals surface area (Å²) < 4.78 is 5.33. The van der Waals surface area contributed by atoms with Gasteiger partial charge in [-0.15, -0.1) is 11.3 Å². The zero-order valence-electron chi connectivity index (χ0n) is 12.5. The molecule has 0 spiro atoms. The normalized spacial score (nSPS) is 10.7. The molecule has 0 bridgehead atoms. The first-order valence-electron chi connectivity index (χ1n) is 6.82. The zero-order chi connectivity index (χ0) is 16.4. The highest BCUT2D eigenvalue weighted by Crippen LogP contribution is 2.26. The van der Waals surface area contributed by atoms with Crippen LogP contribution in [0.25, 0.3) is 10.6 Å².